The molecule has 1 aliphatic rings. The highest BCUT2D eigenvalue weighted by molar-refractivity contribution is 14.0. The van der Waals surface area contributed by atoms with Crippen LogP contribution >= 0.6 is 24.0 Å². The number of nitrogens with one attached hydrogen (secondary N) is 1. The van der Waals surface area contributed by atoms with E-state index in [4.69, 9.17) is 4.99 Å². The molecule has 134 valence electrons. The minimum atomic E-state index is 0. The molecular weight excluding hydrogens is 411 g/mol. The molecular formula is C19H31IN4. The maximum atomic E-state index is 4.78. The Kier molecular flexibility index (Phi) is 10.0. The molecule has 1 aromatic carbocycles. The van der Waals surface area contributed by atoms with Crippen LogP contribution in [0.25, 0.3) is 5.57 Å². The highest BCUT2D eigenvalue weighted by Gasteiger charge is 2.15. The number of rotatable bonds is 6. The summed E-state index contributed by atoms with van der Waals surface area (Å²) < 4.78 is 0. The van der Waals surface area contributed by atoms with Gasteiger partial charge in [0.1, 0.15) is 0 Å². The van der Waals surface area contributed by atoms with E-state index >= 15 is 0 Å². The zero-order chi connectivity index (χ0) is 16.5. The average molecular weight is 442 g/mol. The maximum Gasteiger partial charge on any atom is 0.194 e. The summed E-state index contributed by atoms with van der Waals surface area (Å²) in [5, 5.41) is 3.43. The van der Waals surface area contributed by atoms with Crippen LogP contribution in [0.4, 0.5) is 0 Å². The van der Waals surface area contributed by atoms with Gasteiger partial charge in [-0.05, 0) is 38.1 Å². The fourth-order valence-corrected chi connectivity index (χ4v) is 2.69. The van der Waals surface area contributed by atoms with Crippen LogP contribution < -0.4 is 5.32 Å². The first-order chi connectivity index (χ1) is 11.2. The smallest absolute Gasteiger partial charge is 0.194 e. The summed E-state index contributed by atoms with van der Waals surface area (Å²) in [6.07, 6.45) is 3.41. The van der Waals surface area contributed by atoms with Gasteiger partial charge in [-0.3, -0.25) is 4.99 Å². The Hall–Kier alpha value is -1.08. The second-order valence-corrected chi connectivity index (χ2v) is 5.92. The topological polar surface area (TPSA) is 30.9 Å². The van der Waals surface area contributed by atoms with Crippen LogP contribution in [-0.4, -0.2) is 62.1 Å². The van der Waals surface area contributed by atoms with Crippen molar-refractivity contribution in [1.29, 1.82) is 0 Å². The van der Waals surface area contributed by atoms with Crippen molar-refractivity contribution in [3.05, 3.63) is 42.0 Å². The lowest BCUT2D eigenvalue weighted by atomic mass is 10.00. The molecule has 0 saturated carbocycles. The Morgan fingerprint density at radius 2 is 2.00 bits per heavy atom. The van der Waals surface area contributed by atoms with E-state index in [0.717, 1.165) is 51.6 Å². The standard InChI is InChI=1S/C19H30N4.HI/c1-4-20-19(21-13-16-22(3)5-2)23-14-11-18(12-15-23)17-9-7-6-8-10-17;/h6-11H,4-5,12-16H2,1-3H3,(H,20,21);1H. The number of nitrogens with zero attached hydrogens (tertiary/aromatic N) is 3. The van der Waals surface area contributed by atoms with Gasteiger partial charge < -0.3 is 15.1 Å². The van der Waals surface area contributed by atoms with Crippen molar-refractivity contribution in [2.75, 3.05) is 46.3 Å². The molecule has 0 atom stereocenters. The summed E-state index contributed by atoms with van der Waals surface area (Å²) in [6, 6.07) is 10.7. The quantitative estimate of drug-likeness (QED) is 0.417. The third-order valence-electron chi connectivity index (χ3n) is 4.27. The lowest BCUT2D eigenvalue weighted by molar-refractivity contribution is 0.361. The van der Waals surface area contributed by atoms with Gasteiger partial charge in [0.2, 0.25) is 0 Å². The molecule has 5 heteroatoms. The second kappa shape index (κ2) is 11.5. The van der Waals surface area contributed by atoms with E-state index in [9.17, 15) is 0 Å². The van der Waals surface area contributed by atoms with Crippen molar-refractivity contribution in [2.45, 2.75) is 20.3 Å². The number of benzene rings is 1. The Bertz CT molecular complexity index is 527. The van der Waals surface area contributed by atoms with E-state index in [0.29, 0.717) is 0 Å². The lowest BCUT2D eigenvalue weighted by Crippen LogP contribution is -2.43. The van der Waals surface area contributed by atoms with Crippen LogP contribution in [0, 0.1) is 0 Å². The first-order valence-corrected chi connectivity index (χ1v) is 8.70. The van der Waals surface area contributed by atoms with Gasteiger partial charge in [0.05, 0.1) is 6.54 Å². The molecule has 0 aromatic heterocycles. The third kappa shape index (κ3) is 6.43. The average Bonchev–Trinajstić information content (AvgIpc) is 2.61. The zero-order valence-electron chi connectivity index (χ0n) is 15.2. The van der Waals surface area contributed by atoms with E-state index < -0.39 is 0 Å². The molecule has 24 heavy (non-hydrogen) atoms. The van der Waals surface area contributed by atoms with Gasteiger partial charge in [-0.2, -0.15) is 0 Å². The summed E-state index contributed by atoms with van der Waals surface area (Å²) >= 11 is 0. The van der Waals surface area contributed by atoms with Gasteiger partial charge in [-0.15, -0.1) is 24.0 Å². The first kappa shape index (κ1) is 21.0. The molecule has 0 unspecified atom stereocenters. The molecule has 4 nitrogen and oxygen atoms in total. The normalized spacial score (nSPS) is 15.1. The molecule has 0 aliphatic carbocycles. The molecule has 0 amide bonds. The summed E-state index contributed by atoms with van der Waals surface area (Å²) in [6.45, 7) is 10.1. The second-order valence-electron chi connectivity index (χ2n) is 5.92. The van der Waals surface area contributed by atoms with Gasteiger partial charge in [0.15, 0.2) is 5.96 Å². The third-order valence-corrected chi connectivity index (χ3v) is 4.27. The number of halogens is 1. The van der Waals surface area contributed by atoms with Gasteiger partial charge >= 0.3 is 0 Å². The Balaban J connectivity index is 0.00000288. The molecule has 2 rings (SSSR count). The van der Waals surface area contributed by atoms with Gasteiger partial charge in [-0.25, -0.2) is 0 Å². The van der Waals surface area contributed by atoms with Crippen LogP contribution in [-0.2, 0) is 0 Å². The molecule has 0 spiro atoms. The first-order valence-electron chi connectivity index (χ1n) is 8.70. The summed E-state index contributed by atoms with van der Waals surface area (Å²) in [5.74, 6) is 1.04. The largest absolute Gasteiger partial charge is 0.357 e. The maximum absolute atomic E-state index is 4.78. The van der Waals surface area contributed by atoms with Crippen molar-refractivity contribution in [1.82, 2.24) is 15.1 Å². The molecule has 0 bridgehead atoms. The SMILES string of the molecule is CCNC(=NCCN(C)CC)N1CC=C(c2ccccc2)CC1.I. The van der Waals surface area contributed by atoms with Crippen LogP contribution in [0.5, 0.6) is 0 Å². The zero-order valence-corrected chi connectivity index (χ0v) is 17.5. The van der Waals surface area contributed by atoms with Crippen molar-refractivity contribution in [2.24, 2.45) is 4.99 Å². The highest BCUT2D eigenvalue weighted by atomic mass is 127. The van der Waals surface area contributed by atoms with Gasteiger partial charge in [0.25, 0.3) is 0 Å². The summed E-state index contributed by atoms with van der Waals surface area (Å²) in [4.78, 5) is 9.42. The van der Waals surface area contributed by atoms with Crippen molar-refractivity contribution in [3.8, 4) is 0 Å². The minimum absolute atomic E-state index is 0. The van der Waals surface area contributed by atoms with Gasteiger partial charge in [-0.1, -0.05) is 43.3 Å². The number of hydrogen-bond acceptors (Lipinski definition) is 2. The summed E-state index contributed by atoms with van der Waals surface area (Å²) in [7, 11) is 2.14. The fourth-order valence-electron chi connectivity index (χ4n) is 2.69. The Labute approximate surface area is 164 Å². The Morgan fingerprint density at radius 1 is 1.25 bits per heavy atom. The van der Waals surface area contributed by atoms with Crippen LogP contribution in [0.1, 0.15) is 25.8 Å². The van der Waals surface area contributed by atoms with E-state index in [1.807, 2.05) is 0 Å². The monoisotopic (exact) mass is 442 g/mol. The predicted molar refractivity (Wildman–Crippen MR) is 115 cm³/mol. The number of hydrogen-bond donors (Lipinski definition) is 1. The molecule has 1 aromatic rings. The van der Waals surface area contributed by atoms with Crippen molar-refractivity contribution < 1.29 is 0 Å². The van der Waals surface area contributed by atoms with Gasteiger partial charge in [0, 0.05) is 26.2 Å². The van der Waals surface area contributed by atoms with Crippen LogP contribution in [0.15, 0.2) is 41.4 Å². The van der Waals surface area contributed by atoms with E-state index in [-0.39, 0.29) is 24.0 Å². The summed E-state index contributed by atoms with van der Waals surface area (Å²) in [5.41, 5.74) is 2.79. The predicted octanol–water partition coefficient (Wildman–Crippen LogP) is 3.31. The van der Waals surface area contributed by atoms with Crippen LogP contribution in [0.2, 0.25) is 0 Å². The highest BCUT2D eigenvalue weighted by Crippen LogP contribution is 2.21. The number of aliphatic imine (C=N–C) groups is 1. The molecule has 0 saturated heterocycles. The minimum Gasteiger partial charge on any atom is -0.357 e. The van der Waals surface area contributed by atoms with E-state index in [1.54, 1.807) is 0 Å². The lowest BCUT2D eigenvalue weighted by Gasteiger charge is -2.30. The Morgan fingerprint density at radius 3 is 2.58 bits per heavy atom. The van der Waals surface area contributed by atoms with Crippen LogP contribution in [0.3, 0.4) is 0 Å². The number of guanidine groups is 1. The molecule has 0 fully saturated rings. The number of likely N-dealkylation sites (N-methyl/N-ethyl adjacent to an activating group) is 1. The molecule has 0 radical (unpaired) electrons. The molecule has 1 N–H and O–H groups in total. The van der Waals surface area contributed by atoms with E-state index in [2.05, 4.69) is 72.4 Å². The van der Waals surface area contributed by atoms with Crippen molar-refractivity contribution in [3.63, 3.8) is 0 Å². The van der Waals surface area contributed by atoms with Crippen molar-refractivity contribution >= 4 is 35.5 Å². The van der Waals surface area contributed by atoms with E-state index in [1.165, 1.54) is 11.1 Å². The molecule has 1 heterocycles. The fraction of sp³-hybridized carbons (Fsp3) is 0.526. The molecule has 1 aliphatic heterocycles.